The average Bonchev–Trinajstić information content (AvgIpc) is 2.77. The molecule has 2 aromatic heterocycles. The molecule has 0 bridgehead atoms. The van der Waals surface area contributed by atoms with Gasteiger partial charge >= 0.3 is 0 Å². The molecular formula is C10H16N6O. The van der Waals surface area contributed by atoms with Gasteiger partial charge in [0.1, 0.15) is 5.82 Å². The van der Waals surface area contributed by atoms with E-state index < -0.39 is 0 Å². The van der Waals surface area contributed by atoms with Gasteiger partial charge in [0.05, 0.1) is 11.6 Å². The van der Waals surface area contributed by atoms with E-state index in [1.54, 1.807) is 13.2 Å². The minimum absolute atomic E-state index is 0.137. The smallest absolute Gasteiger partial charge is 0.226 e. The Hall–Kier alpha value is -1.89. The number of rotatable bonds is 5. The van der Waals surface area contributed by atoms with E-state index in [-0.39, 0.29) is 12.6 Å². The molecule has 7 heteroatoms. The van der Waals surface area contributed by atoms with Crippen LogP contribution >= 0.6 is 0 Å². The van der Waals surface area contributed by atoms with Crippen LogP contribution in [0.25, 0.3) is 11.0 Å². The van der Waals surface area contributed by atoms with E-state index in [0.717, 1.165) is 5.39 Å². The molecule has 4 N–H and O–H groups in total. The maximum Gasteiger partial charge on any atom is 0.226 e. The van der Waals surface area contributed by atoms with Crippen molar-refractivity contribution >= 4 is 22.8 Å². The predicted molar refractivity (Wildman–Crippen MR) is 66.0 cm³/mol. The van der Waals surface area contributed by atoms with Crippen LogP contribution < -0.4 is 10.6 Å². The number of hydrogen-bond acceptors (Lipinski definition) is 6. The Bertz CT molecular complexity index is 497. The molecule has 0 amide bonds. The van der Waals surface area contributed by atoms with Gasteiger partial charge in [0, 0.05) is 19.7 Å². The Morgan fingerprint density at radius 2 is 2.29 bits per heavy atom. The number of anilines is 2. The van der Waals surface area contributed by atoms with Gasteiger partial charge in [0.15, 0.2) is 5.65 Å². The van der Waals surface area contributed by atoms with E-state index in [4.69, 9.17) is 5.11 Å². The zero-order valence-corrected chi connectivity index (χ0v) is 9.86. The van der Waals surface area contributed by atoms with Gasteiger partial charge in [-0.3, -0.25) is 5.10 Å². The maximum atomic E-state index is 8.89. The lowest BCUT2D eigenvalue weighted by Gasteiger charge is -2.14. The summed E-state index contributed by atoms with van der Waals surface area (Å²) in [5.41, 5.74) is 0.683. The molecule has 1 unspecified atom stereocenters. The Balaban J connectivity index is 2.33. The summed E-state index contributed by atoms with van der Waals surface area (Å²) < 4.78 is 0. The number of fused-ring (bicyclic) bond motifs is 1. The van der Waals surface area contributed by atoms with E-state index in [1.807, 2.05) is 6.92 Å². The molecule has 0 aliphatic rings. The molecule has 2 heterocycles. The molecule has 92 valence electrons. The number of H-pyrrole nitrogens is 1. The highest BCUT2D eigenvalue weighted by atomic mass is 16.3. The summed E-state index contributed by atoms with van der Waals surface area (Å²) >= 11 is 0. The second-order valence-electron chi connectivity index (χ2n) is 3.84. The minimum atomic E-state index is 0.137. The molecule has 0 fully saturated rings. The summed E-state index contributed by atoms with van der Waals surface area (Å²) in [6, 6.07) is 0.137. The number of aromatic amines is 1. The lowest BCUT2D eigenvalue weighted by atomic mass is 10.2. The molecule has 1 atom stereocenters. The first-order valence-corrected chi connectivity index (χ1v) is 5.51. The summed E-state index contributed by atoms with van der Waals surface area (Å²) in [7, 11) is 1.76. The van der Waals surface area contributed by atoms with E-state index >= 15 is 0 Å². The quantitative estimate of drug-likeness (QED) is 0.606. The largest absolute Gasteiger partial charge is 0.396 e. The zero-order valence-electron chi connectivity index (χ0n) is 9.86. The molecule has 0 aliphatic heterocycles. The maximum absolute atomic E-state index is 8.89. The second-order valence-corrected chi connectivity index (χ2v) is 3.84. The van der Waals surface area contributed by atoms with Crippen molar-refractivity contribution in [2.75, 3.05) is 24.3 Å². The van der Waals surface area contributed by atoms with Crippen LogP contribution in [0.3, 0.4) is 0 Å². The van der Waals surface area contributed by atoms with Crippen molar-refractivity contribution in [3.8, 4) is 0 Å². The molecule has 0 spiro atoms. The molecule has 17 heavy (non-hydrogen) atoms. The lowest BCUT2D eigenvalue weighted by Crippen LogP contribution is -2.18. The fraction of sp³-hybridized carbons (Fsp3) is 0.500. The molecule has 0 saturated carbocycles. The first-order valence-electron chi connectivity index (χ1n) is 5.51. The van der Waals surface area contributed by atoms with Gasteiger partial charge in [-0.05, 0) is 13.3 Å². The number of aliphatic hydroxyl groups excluding tert-OH is 1. The third kappa shape index (κ3) is 2.44. The summed E-state index contributed by atoms with van der Waals surface area (Å²) in [5.74, 6) is 1.24. The van der Waals surface area contributed by atoms with E-state index in [0.29, 0.717) is 23.8 Å². The van der Waals surface area contributed by atoms with Crippen molar-refractivity contribution in [3.05, 3.63) is 6.20 Å². The van der Waals surface area contributed by atoms with Crippen LogP contribution in [-0.4, -0.2) is 45.0 Å². The Kier molecular flexibility index (Phi) is 3.38. The third-order valence-electron chi connectivity index (χ3n) is 2.48. The molecule has 2 aromatic rings. The topological polar surface area (TPSA) is 98.8 Å². The predicted octanol–water partition coefficient (Wildman–Crippen LogP) is 0.577. The van der Waals surface area contributed by atoms with Crippen LogP contribution in [0.15, 0.2) is 6.20 Å². The van der Waals surface area contributed by atoms with Gasteiger partial charge in [-0.2, -0.15) is 15.1 Å². The van der Waals surface area contributed by atoms with Crippen LogP contribution in [0.1, 0.15) is 13.3 Å². The zero-order chi connectivity index (χ0) is 12.3. The van der Waals surface area contributed by atoms with E-state index in [2.05, 4.69) is 30.8 Å². The van der Waals surface area contributed by atoms with Crippen molar-refractivity contribution < 1.29 is 5.11 Å². The average molecular weight is 236 g/mol. The first-order chi connectivity index (χ1) is 8.24. The SMILES string of the molecule is CNc1nc(NC(C)CCO)c2cn[nH]c2n1. The standard InChI is InChI=1S/C10H16N6O/c1-6(3-4-17)13-8-7-5-12-16-9(7)15-10(11-2)14-8/h5-6,17H,3-4H2,1-2H3,(H3,11,12,13,14,15,16). The summed E-state index contributed by atoms with van der Waals surface area (Å²) in [6.07, 6.45) is 2.35. The highest BCUT2D eigenvalue weighted by Gasteiger charge is 2.10. The first kappa shape index (κ1) is 11.6. The molecule has 0 radical (unpaired) electrons. The summed E-state index contributed by atoms with van der Waals surface area (Å²) in [5, 5.41) is 22.6. The number of nitrogens with one attached hydrogen (secondary N) is 3. The number of nitrogens with zero attached hydrogens (tertiary/aromatic N) is 3. The van der Waals surface area contributed by atoms with Gasteiger partial charge in [-0.1, -0.05) is 0 Å². The van der Waals surface area contributed by atoms with Gasteiger partial charge < -0.3 is 15.7 Å². The number of hydrogen-bond donors (Lipinski definition) is 4. The monoisotopic (exact) mass is 236 g/mol. The fourth-order valence-electron chi connectivity index (χ4n) is 1.56. The van der Waals surface area contributed by atoms with E-state index in [9.17, 15) is 0 Å². The van der Waals surface area contributed by atoms with Crippen molar-refractivity contribution in [1.29, 1.82) is 0 Å². The van der Waals surface area contributed by atoms with Crippen molar-refractivity contribution in [3.63, 3.8) is 0 Å². The van der Waals surface area contributed by atoms with Crippen LogP contribution in [0, 0.1) is 0 Å². The second kappa shape index (κ2) is 4.96. The molecule has 0 saturated heterocycles. The van der Waals surface area contributed by atoms with Gasteiger partial charge in [-0.15, -0.1) is 0 Å². The summed E-state index contributed by atoms with van der Waals surface area (Å²) in [4.78, 5) is 8.58. The Morgan fingerprint density at radius 3 is 3.00 bits per heavy atom. The third-order valence-corrected chi connectivity index (χ3v) is 2.48. The number of aromatic nitrogens is 4. The molecular weight excluding hydrogens is 220 g/mol. The highest BCUT2D eigenvalue weighted by Crippen LogP contribution is 2.20. The molecule has 2 rings (SSSR count). The van der Waals surface area contributed by atoms with Crippen LogP contribution in [0.2, 0.25) is 0 Å². The molecule has 0 aromatic carbocycles. The van der Waals surface area contributed by atoms with Crippen molar-refractivity contribution in [1.82, 2.24) is 20.2 Å². The van der Waals surface area contributed by atoms with Crippen molar-refractivity contribution in [2.45, 2.75) is 19.4 Å². The van der Waals surface area contributed by atoms with Crippen LogP contribution in [0.5, 0.6) is 0 Å². The Labute approximate surface area is 98.7 Å². The lowest BCUT2D eigenvalue weighted by molar-refractivity contribution is 0.282. The highest BCUT2D eigenvalue weighted by molar-refractivity contribution is 5.87. The van der Waals surface area contributed by atoms with Gasteiger partial charge in [0.25, 0.3) is 0 Å². The van der Waals surface area contributed by atoms with E-state index in [1.165, 1.54) is 0 Å². The van der Waals surface area contributed by atoms with Crippen LogP contribution in [-0.2, 0) is 0 Å². The van der Waals surface area contributed by atoms with Crippen LogP contribution in [0.4, 0.5) is 11.8 Å². The fourth-order valence-corrected chi connectivity index (χ4v) is 1.56. The van der Waals surface area contributed by atoms with Gasteiger partial charge in [-0.25, -0.2) is 0 Å². The Morgan fingerprint density at radius 1 is 1.47 bits per heavy atom. The molecule has 7 nitrogen and oxygen atoms in total. The van der Waals surface area contributed by atoms with Crippen molar-refractivity contribution in [2.24, 2.45) is 0 Å². The number of aliphatic hydroxyl groups is 1. The summed E-state index contributed by atoms with van der Waals surface area (Å²) in [6.45, 7) is 2.13. The molecule has 0 aliphatic carbocycles. The van der Waals surface area contributed by atoms with Gasteiger partial charge in [0.2, 0.25) is 5.95 Å². The minimum Gasteiger partial charge on any atom is -0.396 e. The normalized spacial score (nSPS) is 12.6.